The third kappa shape index (κ3) is 3.29. The fourth-order valence-corrected chi connectivity index (χ4v) is 4.39. The highest BCUT2D eigenvalue weighted by Gasteiger charge is 2.48. The Hall–Kier alpha value is -4.08. The Bertz CT molecular complexity index is 1370. The molecule has 3 heterocycles. The number of aliphatic hydroxyl groups is 1. The van der Waals surface area contributed by atoms with Crippen molar-refractivity contribution in [2.45, 2.75) is 31.3 Å². The summed E-state index contributed by atoms with van der Waals surface area (Å²) in [6.07, 6.45) is 8.54. The Labute approximate surface area is 184 Å². The first-order chi connectivity index (χ1) is 15.7. The van der Waals surface area contributed by atoms with Crippen molar-refractivity contribution >= 4 is 10.9 Å². The van der Waals surface area contributed by atoms with E-state index in [2.05, 4.69) is 27.3 Å². The van der Waals surface area contributed by atoms with Gasteiger partial charge < -0.3 is 5.11 Å². The molecule has 0 unspecified atom stereocenters. The summed E-state index contributed by atoms with van der Waals surface area (Å²) in [5.74, 6) is -0.0679. The van der Waals surface area contributed by atoms with E-state index >= 15 is 0 Å². The van der Waals surface area contributed by atoms with E-state index in [1.54, 1.807) is 28.1 Å². The lowest BCUT2D eigenvalue weighted by Crippen LogP contribution is -2.47. The van der Waals surface area contributed by atoms with Crippen LogP contribution >= 0.6 is 0 Å². The number of hydrogen-bond donors (Lipinski definition) is 1. The molecule has 0 spiro atoms. The zero-order chi connectivity index (χ0) is 22.1. The molecule has 3 aromatic heterocycles. The van der Waals surface area contributed by atoms with Crippen LogP contribution in [0, 0.1) is 28.6 Å². The lowest BCUT2D eigenvalue weighted by Gasteiger charge is -2.42. The molecule has 0 saturated heterocycles. The van der Waals surface area contributed by atoms with E-state index in [1.165, 1.54) is 0 Å². The highest BCUT2D eigenvalue weighted by molar-refractivity contribution is 5.97. The predicted molar refractivity (Wildman–Crippen MR) is 116 cm³/mol. The maximum Gasteiger partial charge on any atom is 0.113 e. The number of hydrogen-bond acceptors (Lipinski definition) is 7. The van der Waals surface area contributed by atoms with Crippen molar-refractivity contribution < 1.29 is 5.11 Å². The molecule has 9 heteroatoms. The van der Waals surface area contributed by atoms with Crippen molar-refractivity contribution in [2.75, 3.05) is 6.61 Å². The molecule has 0 radical (unpaired) electrons. The minimum atomic E-state index is -0.523. The van der Waals surface area contributed by atoms with E-state index in [0.717, 1.165) is 27.6 Å². The minimum Gasteiger partial charge on any atom is -0.394 e. The maximum absolute atomic E-state index is 9.32. The number of fused-ring (bicyclic) bond motifs is 1. The summed E-state index contributed by atoms with van der Waals surface area (Å²) in [6.45, 7) is 0.448. The van der Waals surface area contributed by atoms with Gasteiger partial charge in [-0.2, -0.15) is 30.6 Å². The zero-order valence-corrected chi connectivity index (χ0v) is 17.3. The minimum absolute atomic E-state index is 0.0197. The fraction of sp³-hybridized carbons (Fsp3) is 0.304. The van der Waals surface area contributed by atoms with Crippen LogP contribution in [-0.4, -0.2) is 41.5 Å². The van der Waals surface area contributed by atoms with Gasteiger partial charge in [-0.05, 0) is 36.6 Å². The molecule has 1 aliphatic carbocycles. The van der Waals surface area contributed by atoms with Crippen LogP contribution in [0.15, 0.2) is 49.1 Å². The standard InChI is InChI=1S/C23H20N8O/c24-4-3-23(10-16(11-23)12-25)31-28-14-22(29-31)20-8-17(9-21-19(20)2-1-5-26-21)18-13-27-30(15-18)6-7-32/h1-2,5,8-9,13-16,32H,3,6-7,10-11H2/t16-,23+. The summed E-state index contributed by atoms with van der Waals surface area (Å²) in [5, 5.41) is 42.2. The van der Waals surface area contributed by atoms with Gasteiger partial charge in [0.2, 0.25) is 0 Å². The van der Waals surface area contributed by atoms with E-state index in [1.807, 2.05) is 30.5 Å². The highest BCUT2D eigenvalue weighted by Crippen LogP contribution is 2.45. The molecule has 0 atom stereocenters. The number of nitriles is 2. The van der Waals surface area contributed by atoms with Gasteiger partial charge in [0.15, 0.2) is 0 Å². The van der Waals surface area contributed by atoms with Gasteiger partial charge in [0.25, 0.3) is 0 Å². The molecule has 1 fully saturated rings. The Morgan fingerprint density at radius 1 is 1.16 bits per heavy atom. The number of pyridine rings is 1. The van der Waals surface area contributed by atoms with E-state index < -0.39 is 5.54 Å². The molecule has 4 aromatic rings. The lowest BCUT2D eigenvalue weighted by atomic mass is 9.68. The summed E-state index contributed by atoms with van der Waals surface area (Å²) < 4.78 is 1.70. The molecule has 1 saturated carbocycles. The molecule has 9 nitrogen and oxygen atoms in total. The molecule has 5 rings (SSSR count). The summed E-state index contributed by atoms with van der Waals surface area (Å²) in [4.78, 5) is 6.15. The second-order valence-corrected chi connectivity index (χ2v) is 8.12. The van der Waals surface area contributed by atoms with Crippen LogP contribution in [0.5, 0.6) is 0 Å². The largest absolute Gasteiger partial charge is 0.394 e. The second-order valence-electron chi connectivity index (χ2n) is 8.12. The smallest absolute Gasteiger partial charge is 0.113 e. The summed E-state index contributed by atoms with van der Waals surface area (Å²) >= 11 is 0. The Morgan fingerprint density at radius 3 is 2.81 bits per heavy atom. The van der Waals surface area contributed by atoms with Crippen LogP contribution in [-0.2, 0) is 12.1 Å². The Morgan fingerprint density at radius 2 is 2.03 bits per heavy atom. The normalized spacial score (nSPS) is 19.9. The van der Waals surface area contributed by atoms with Crippen molar-refractivity contribution in [1.82, 2.24) is 29.8 Å². The van der Waals surface area contributed by atoms with Crippen molar-refractivity contribution in [3.63, 3.8) is 0 Å². The van der Waals surface area contributed by atoms with E-state index in [-0.39, 0.29) is 18.9 Å². The van der Waals surface area contributed by atoms with Crippen LogP contribution in [0.4, 0.5) is 0 Å². The van der Waals surface area contributed by atoms with Crippen molar-refractivity contribution in [3.8, 4) is 34.5 Å². The topological polar surface area (TPSA) is 129 Å². The summed E-state index contributed by atoms with van der Waals surface area (Å²) in [6, 6.07) is 12.4. The predicted octanol–water partition coefficient (Wildman–Crippen LogP) is 2.89. The van der Waals surface area contributed by atoms with Crippen LogP contribution in [0.25, 0.3) is 33.3 Å². The molecular formula is C23H20N8O. The average Bonchev–Trinajstić information content (AvgIpc) is 3.46. The molecule has 1 N–H and O–H groups in total. The monoisotopic (exact) mass is 424 g/mol. The quantitative estimate of drug-likeness (QED) is 0.504. The first-order valence-electron chi connectivity index (χ1n) is 10.4. The number of benzene rings is 1. The molecule has 1 aromatic carbocycles. The molecule has 0 bridgehead atoms. The molecular weight excluding hydrogens is 404 g/mol. The second kappa shape index (κ2) is 7.88. The fourth-order valence-electron chi connectivity index (χ4n) is 4.39. The molecule has 1 aliphatic rings. The average molecular weight is 424 g/mol. The molecule has 0 aliphatic heterocycles. The van der Waals surface area contributed by atoms with Crippen LogP contribution in [0.1, 0.15) is 19.3 Å². The van der Waals surface area contributed by atoms with Crippen molar-refractivity contribution in [1.29, 1.82) is 10.5 Å². The molecule has 32 heavy (non-hydrogen) atoms. The Balaban J connectivity index is 1.58. The van der Waals surface area contributed by atoms with Gasteiger partial charge in [0.05, 0.1) is 61.1 Å². The zero-order valence-electron chi connectivity index (χ0n) is 17.3. The number of nitrogens with zero attached hydrogens (tertiary/aromatic N) is 8. The first kappa shape index (κ1) is 19.9. The van der Waals surface area contributed by atoms with Gasteiger partial charge in [0, 0.05) is 28.9 Å². The van der Waals surface area contributed by atoms with Gasteiger partial charge >= 0.3 is 0 Å². The van der Waals surface area contributed by atoms with Crippen LogP contribution in [0.3, 0.4) is 0 Å². The Kier molecular flexibility index (Phi) is 4.89. The van der Waals surface area contributed by atoms with Gasteiger partial charge in [-0.15, -0.1) is 0 Å². The summed E-state index contributed by atoms with van der Waals surface area (Å²) in [5.41, 5.74) is 3.72. The number of aromatic nitrogens is 6. The first-order valence-corrected chi connectivity index (χ1v) is 10.4. The lowest BCUT2D eigenvalue weighted by molar-refractivity contribution is 0.0713. The van der Waals surface area contributed by atoms with E-state index in [4.69, 9.17) is 5.10 Å². The highest BCUT2D eigenvalue weighted by atomic mass is 16.3. The van der Waals surface area contributed by atoms with Gasteiger partial charge in [-0.1, -0.05) is 6.07 Å². The molecule has 158 valence electrons. The maximum atomic E-state index is 9.32. The van der Waals surface area contributed by atoms with Crippen molar-refractivity contribution in [3.05, 3.63) is 49.1 Å². The summed E-state index contributed by atoms with van der Waals surface area (Å²) in [7, 11) is 0. The van der Waals surface area contributed by atoms with Crippen LogP contribution < -0.4 is 0 Å². The number of rotatable bonds is 6. The SMILES string of the molecule is N#CC[C@]1(n2ncc(-c3cc(-c4cnn(CCO)c4)cc4ncccc34)n2)C[C@@H](C#N)C1. The van der Waals surface area contributed by atoms with Crippen LogP contribution in [0.2, 0.25) is 0 Å². The van der Waals surface area contributed by atoms with Gasteiger partial charge in [-0.25, -0.2) is 0 Å². The number of aliphatic hydroxyl groups excluding tert-OH is 1. The van der Waals surface area contributed by atoms with E-state index in [0.29, 0.717) is 25.1 Å². The third-order valence-electron chi connectivity index (χ3n) is 6.05. The van der Waals surface area contributed by atoms with E-state index in [9.17, 15) is 15.6 Å². The molecule has 0 amide bonds. The van der Waals surface area contributed by atoms with Gasteiger partial charge in [0.1, 0.15) is 5.69 Å². The third-order valence-corrected chi connectivity index (χ3v) is 6.05. The van der Waals surface area contributed by atoms with Crippen molar-refractivity contribution in [2.24, 2.45) is 5.92 Å². The van der Waals surface area contributed by atoms with Gasteiger partial charge in [-0.3, -0.25) is 9.67 Å².